The summed E-state index contributed by atoms with van der Waals surface area (Å²) in [6.07, 6.45) is 0.928. The summed E-state index contributed by atoms with van der Waals surface area (Å²) in [7, 11) is 0. The molecule has 4 aromatic carbocycles. The molecule has 0 aliphatic carbocycles. The van der Waals surface area contributed by atoms with Crippen molar-refractivity contribution in [2.45, 2.75) is 0 Å². The van der Waals surface area contributed by atoms with Crippen LogP contribution in [0.25, 0.3) is 32.3 Å². The van der Waals surface area contributed by atoms with E-state index in [-0.39, 0.29) is 0 Å². The van der Waals surface area contributed by atoms with Gasteiger partial charge in [-0.2, -0.15) is 0 Å². The fourth-order valence-corrected chi connectivity index (χ4v) is 2.80. The predicted octanol–water partition coefficient (Wildman–Crippen LogP) is 4.20. The zero-order chi connectivity index (χ0) is 12.1. The van der Waals surface area contributed by atoms with Gasteiger partial charge in [0.15, 0.2) is 6.29 Å². The second-order valence-corrected chi connectivity index (χ2v) is 4.54. The molecule has 0 unspecified atom stereocenters. The van der Waals surface area contributed by atoms with Crippen LogP contribution in [0.1, 0.15) is 10.4 Å². The molecular formula is C17H9O. The zero-order valence-corrected chi connectivity index (χ0v) is 9.60. The molecule has 1 radical (unpaired) electrons. The molecule has 4 rings (SSSR count). The van der Waals surface area contributed by atoms with Crippen LogP contribution in [0.3, 0.4) is 0 Å². The Morgan fingerprint density at radius 2 is 1.78 bits per heavy atom. The lowest BCUT2D eigenvalue weighted by Gasteiger charge is -2.11. The molecule has 0 atom stereocenters. The van der Waals surface area contributed by atoms with Crippen molar-refractivity contribution in [2.24, 2.45) is 0 Å². The Bertz CT molecular complexity index is 890. The van der Waals surface area contributed by atoms with Gasteiger partial charge in [0.1, 0.15) is 0 Å². The summed E-state index contributed by atoms with van der Waals surface area (Å²) >= 11 is 0. The van der Waals surface area contributed by atoms with E-state index in [9.17, 15) is 4.79 Å². The number of hydrogen-bond donors (Lipinski definition) is 0. The van der Waals surface area contributed by atoms with Crippen LogP contribution in [0, 0.1) is 6.07 Å². The van der Waals surface area contributed by atoms with E-state index in [4.69, 9.17) is 0 Å². The largest absolute Gasteiger partial charge is 0.298 e. The summed E-state index contributed by atoms with van der Waals surface area (Å²) in [6, 6.07) is 19.5. The third-order valence-corrected chi connectivity index (χ3v) is 3.59. The zero-order valence-electron chi connectivity index (χ0n) is 9.60. The van der Waals surface area contributed by atoms with Crippen molar-refractivity contribution in [3.8, 4) is 0 Å². The molecule has 18 heavy (non-hydrogen) atoms. The lowest BCUT2D eigenvalue weighted by molar-refractivity contribution is 0.112. The Kier molecular flexibility index (Phi) is 1.76. The van der Waals surface area contributed by atoms with Crippen molar-refractivity contribution in [1.82, 2.24) is 0 Å². The molecule has 0 fully saturated rings. The lowest BCUT2D eigenvalue weighted by Crippen LogP contribution is -1.89. The molecule has 4 aromatic rings. The van der Waals surface area contributed by atoms with Gasteiger partial charge < -0.3 is 0 Å². The van der Waals surface area contributed by atoms with E-state index in [1.807, 2.05) is 24.3 Å². The maximum atomic E-state index is 11.2. The van der Waals surface area contributed by atoms with Gasteiger partial charge in [-0.05, 0) is 44.5 Å². The Morgan fingerprint density at radius 1 is 0.944 bits per heavy atom. The Hall–Kier alpha value is -2.41. The van der Waals surface area contributed by atoms with E-state index in [1.165, 1.54) is 21.5 Å². The standard InChI is InChI=1S/C17H9O/c18-10-14-9-13-5-1-3-11-7-8-12-4-2-6-15(14)17(12)16(11)13/h1-4,6-10H. The van der Waals surface area contributed by atoms with E-state index in [2.05, 4.69) is 30.3 Å². The van der Waals surface area contributed by atoms with E-state index in [0.717, 1.165) is 22.6 Å². The van der Waals surface area contributed by atoms with E-state index >= 15 is 0 Å². The molecule has 0 bridgehead atoms. The molecule has 0 spiro atoms. The third kappa shape index (κ3) is 1.08. The van der Waals surface area contributed by atoms with Crippen LogP contribution in [0.15, 0.2) is 48.5 Å². The van der Waals surface area contributed by atoms with Gasteiger partial charge in [0.25, 0.3) is 0 Å². The summed E-state index contributed by atoms with van der Waals surface area (Å²) in [5, 5.41) is 6.79. The van der Waals surface area contributed by atoms with Crippen LogP contribution in [-0.4, -0.2) is 6.29 Å². The number of carbonyl (C=O) groups excluding carboxylic acids is 1. The van der Waals surface area contributed by atoms with Crippen LogP contribution in [-0.2, 0) is 0 Å². The molecule has 83 valence electrons. The average Bonchev–Trinajstić information content (AvgIpc) is 2.44. The first kappa shape index (κ1) is 9.60. The van der Waals surface area contributed by atoms with Crippen LogP contribution in [0.2, 0.25) is 0 Å². The van der Waals surface area contributed by atoms with Gasteiger partial charge in [-0.15, -0.1) is 0 Å². The van der Waals surface area contributed by atoms with E-state index in [0.29, 0.717) is 0 Å². The van der Waals surface area contributed by atoms with Crippen molar-refractivity contribution in [2.75, 3.05) is 0 Å². The van der Waals surface area contributed by atoms with Gasteiger partial charge in [-0.3, -0.25) is 4.79 Å². The average molecular weight is 229 g/mol. The van der Waals surface area contributed by atoms with Crippen LogP contribution < -0.4 is 0 Å². The number of benzene rings is 4. The minimum Gasteiger partial charge on any atom is -0.298 e. The van der Waals surface area contributed by atoms with Crippen molar-refractivity contribution >= 4 is 38.6 Å². The molecule has 0 aromatic heterocycles. The van der Waals surface area contributed by atoms with Gasteiger partial charge in [0.05, 0.1) is 0 Å². The quantitative estimate of drug-likeness (QED) is 0.353. The molecule has 1 nitrogen and oxygen atoms in total. The first-order valence-corrected chi connectivity index (χ1v) is 5.92. The van der Waals surface area contributed by atoms with Gasteiger partial charge >= 0.3 is 0 Å². The molecule has 0 saturated carbocycles. The van der Waals surface area contributed by atoms with Crippen LogP contribution in [0.5, 0.6) is 0 Å². The smallest absolute Gasteiger partial charge is 0.150 e. The summed E-state index contributed by atoms with van der Waals surface area (Å²) < 4.78 is 0. The molecule has 0 saturated heterocycles. The van der Waals surface area contributed by atoms with Crippen molar-refractivity contribution in [3.05, 3.63) is 60.2 Å². The number of aldehydes is 1. The van der Waals surface area contributed by atoms with Gasteiger partial charge in [-0.1, -0.05) is 42.5 Å². The maximum Gasteiger partial charge on any atom is 0.150 e. The fourth-order valence-electron chi connectivity index (χ4n) is 2.80. The molecule has 0 aliphatic rings. The number of hydrogen-bond acceptors (Lipinski definition) is 1. The minimum absolute atomic E-state index is 0.739. The monoisotopic (exact) mass is 229 g/mol. The highest BCUT2D eigenvalue weighted by atomic mass is 16.1. The van der Waals surface area contributed by atoms with Crippen molar-refractivity contribution in [3.63, 3.8) is 0 Å². The summed E-state index contributed by atoms with van der Waals surface area (Å²) in [5.74, 6) is 0. The maximum absolute atomic E-state index is 11.2. The second kappa shape index (κ2) is 3.30. The van der Waals surface area contributed by atoms with Gasteiger partial charge in [0, 0.05) is 5.56 Å². The molecule has 0 heterocycles. The third-order valence-electron chi connectivity index (χ3n) is 3.59. The second-order valence-electron chi connectivity index (χ2n) is 4.54. The fraction of sp³-hybridized carbons (Fsp3) is 0. The molecule has 0 amide bonds. The Labute approximate surface area is 104 Å². The lowest BCUT2D eigenvalue weighted by atomic mass is 9.92. The van der Waals surface area contributed by atoms with Crippen LogP contribution in [0.4, 0.5) is 0 Å². The normalized spacial score (nSPS) is 11.6. The van der Waals surface area contributed by atoms with E-state index < -0.39 is 0 Å². The van der Waals surface area contributed by atoms with Crippen LogP contribution >= 0.6 is 0 Å². The highest BCUT2D eigenvalue weighted by molar-refractivity contribution is 6.25. The van der Waals surface area contributed by atoms with E-state index in [1.54, 1.807) is 0 Å². The SMILES string of the molecule is O=Cc1cc2[c]ccc3ccc4cccc1c4c23. The summed E-state index contributed by atoms with van der Waals surface area (Å²) in [4.78, 5) is 11.2. The molecular weight excluding hydrogens is 220 g/mol. The summed E-state index contributed by atoms with van der Waals surface area (Å²) in [6.45, 7) is 0. The molecule has 0 aliphatic heterocycles. The molecule has 0 N–H and O–H groups in total. The predicted molar refractivity (Wildman–Crippen MR) is 74.4 cm³/mol. The van der Waals surface area contributed by atoms with Gasteiger partial charge in [-0.25, -0.2) is 0 Å². The van der Waals surface area contributed by atoms with Crippen molar-refractivity contribution in [1.29, 1.82) is 0 Å². The topological polar surface area (TPSA) is 17.1 Å². The number of rotatable bonds is 1. The minimum atomic E-state index is 0.739. The first-order valence-electron chi connectivity index (χ1n) is 5.92. The highest BCUT2D eigenvalue weighted by Gasteiger charge is 2.10. The number of carbonyl (C=O) groups is 1. The Balaban J connectivity index is 2.47. The molecule has 1 heteroatoms. The Morgan fingerprint density at radius 3 is 2.61 bits per heavy atom. The van der Waals surface area contributed by atoms with Crippen molar-refractivity contribution < 1.29 is 4.79 Å². The first-order chi connectivity index (χ1) is 8.88. The highest BCUT2D eigenvalue weighted by Crippen LogP contribution is 2.35. The summed E-state index contributed by atoms with van der Waals surface area (Å²) in [5.41, 5.74) is 0.739. The van der Waals surface area contributed by atoms with Gasteiger partial charge in [0.2, 0.25) is 0 Å².